The first-order valence-corrected chi connectivity index (χ1v) is 5.89. The van der Waals surface area contributed by atoms with Crippen LogP contribution in [0.5, 0.6) is 0 Å². The van der Waals surface area contributed by atoms with Crippen molar-refractivity contribution in [3.63, 3.8) is 0 Å². The third-order valence-corrected chi connectivity index (χ3v) is 3.19. The van der Waals surface area contributed by atoms with Crippen LogP contribution in [0.15, 0.2) is 36.5 Å². The number of aryl methyl sites for hydroxylation is 1. The van der Waals surface area contributed by atoms with Gasteiger partial charge >= 0.3 is 0 Å². The molecule has 0 aliphatic heterocycles. The van der Waals surface area contributed by atoms with Crippen molar-refractivity contribution in [1.29, 1.82) is 0 Å². The van der Waals surface area contributed by atoms with Crippen LogP contribution in [0.2, 0.25) is 10.2 Å². The number of rotatable bonds is 2. The van der Waals surface area contributed by atoms with Crippen molar-refractivity contribution in [3.8, 4) is 0 Å². The maximum absolute atomic E-state index is 10.2. The molecule has 1 aromatic heterocycles. The fraction of sp³-hybridized carbons (Fsp3) is 0.154. The summed E-state index contributed by atoms with van der Waals surface area (Å²) < 4.78 is 0. The highest BCUT2D eigenvalue weighted by atomic mass is 35.5. The van der Waals surface area contributed by atoms with Gasteiger partial charge in [0, 0.05) is 11.2 Å². The van der Waals surface area contributed by atoms with Crippen molar-refractivity contribution in [3.05, 3.63) is 63.4 Å². The van der Waals surface area contributed by atoms with Crippen molar-refractivity contribution in [2.24, 2.45) is 0 Å². The lowest BCUT2D eigenvalue weighted by molar-refractivity contribution is 0.220. The molecular weight excluding hydrogens is 257 g/mol. The second kappa shape index (κ2) is 5.05. The van der Waals surface area contributed by atoms with Crippen LogP contribution < -0.4 is 0 Å². The molecule has 2 nitrogen and oxygen atoms in total. The smallest absolute Gasteiger partial charge is 0.129 e. The van der Waals surface area contributed by atoms with Crippen LogP contribution in [-0.4, -0.2) is 10.1 Å². The first-order chi connectivity index (χ1) is 8.08. The summed E-state index contributed by atoms with van der Waals surface area (Å²) in [5, 5.41) is 11.2. The molecule has 0 saturated carbocycles. The van der Waals surface area contributed by atoms with Crippen LogP contribution in [0.4, 0.5) is 0 Å². The molecule has 0 aliphatic carbocycles. The Kier molecular flexibility index (Phi) is 3.67. The van der Waals surface area contributed by atoms with Gasteiger partial charge in [-0.2, -0.15) is 0 Å². The number of aromatic nitrogens is 1. The minimum Gasteiger partial charge on any atom is -0.384 e. The Bertz CT molecular complexity index is 543. The second-order valence-corrected chi connectivity index (χ2v) is 4.62. The van der Waals surface area contributed by atoms with E-state index in [1.165, 1.54) is 0 Å². The molecule has 1 unspecified atom stereocenters. The summed E-state index contributed by atoms with van der Waals surface area (Å²) in [5.41, 5.74) is 2.42. The topological polar surface area (TPSA) is 33.1 Å². The molecule has 0 aliphatic rings. The Morgan fingerprint density at radius 3 is 2.47 bits per heavy atom. The molecule has 0 spiro atoms. The Morgan fingerprint density at radius 2 is 1.82 bits per heavy atom. The van der Waals surface area contributed by atoms with Crippen LogP contribution >= 0.6 is 23.2 Å². The quantitative estimate of drug-likeness (QED) is 0.841. The Hall–Kier alpha value is -1.09. The predicted molar refractivity (Wildman–Crippen MR) is 69.5 cm³/mol. The van der Waals surface area contributed by atoms with Gasteiger partial charge in [0.1, 0.15) is 11.3 Å². The van der Waals surface area contributed by atoms with E-state index in [0.717, 1.165) is 11.1 Å². The van der Waals surface area contributed by atoms with Crippen LogP contribution in [-0.2, 0) is 0 Å². The number of aliphatic hydroxyl groups is 1. The summed E-state index contributed by atoms with van der Waals surface area (Å²) in [5.74, 6) is 0. The Morgan fingerprint density at radius 1 is 1.12 bits per heavy atom. The van der Waals surface area contributed by atoms with Crippen molar-refractivity contribution in [2.75, 3.05) is 0 Å². The zero-order valence-corrected chi connectivity index (χ0v) is 10.7. The Balaban J connectivity index is 2.36. The molecule has 2 rings (SSSR count). The van der Waals surface area contributed by atoms with E-state index in [2.05, 4.69) is 4.98 Å². The van der Waals surface area contributed by atoms with E-state index in [1.54, 1.807) is 24.4 Å². The van der Waals surface area contributed by atoms with Crippen molar-refractivity contribution >= 4 is 23.2 Å². The summed E-state index contributed by atoms with van der Waals surface area (Å²) in [6.07, 6.45) is 0.824. The molecule has 17 heavy (non-hydrogen) atoms. The van der Waals surface area contributed by atoms with E-state index >= 15 is 0 Å². The fourth-order valence-electron chi connectivity index (χ4n) is 1.56. The maximum Gasteiger partial charge on any atom is 0.129 e. The third-order valence-electron chi connectivity index (χ3n) is 2.58. The van der Waals surface area contributed by atoms with E-state index in [0.29, 0.717) is 15.7 Å². The van der Waals surface area contributed by atoms with Crippen LogP contribution in [0.1, 0.15) is 22.8 Å². The lowest BCUT2D eigenvalue weighted by atomic mass is 10.0. The van der Waals surface area contributed by atoms with Gasteiger partial charge in [0.2, 0.25) is 0 Å². The molecule has 1 atom stereocenters. The standard InChI is InChI=1S/C13H11Cl2NO/c1-8-2-3-9(6-11(8)14)13(17)10-4-5-16-12(15)7-10/h2-7,13,17H,1H3. The average molecular weight is 268 g/mol. The molecular formula is C13H11Cl2NO. The van der Waals surface area contributed by atoms with Gasteiger partial charge in [-0.1, -0.05) is 35.3 Å². The minimum atomic E-state index is -0.742. The zero-order valence-electron chi connectivity index (χ0n) is 9.19. The zero-order chi connectivity index (χ0) is 12.4. The van der Waals surface area contributed by atoms with Gasteiger partial charge in [-0.15, -0.1) is 0 Å². The number of hydrogen-bond acceptors (Lipinski definition) is 2. The van der Waals surface area contributed by atoms with Gasteiger partial charge < -0.3 is 5.11 Å². The van der Waals surface area contributed by atoms with E-state index in [1.807, 2.05) is 19.1 Å². The first-order valence-electron chi connectivity index (χ1n) is 5.13. The molecule has 0 fully saturated rings. The molecule has 1 aromatic carbocycles. The molecule has 0 radical (unpaired) electrons. The largest absolute Gasteiger partial charge is 0.384 e. The number of hydrogen-bond donors (Lipinski definition) is 1. The van der Waals surface area contributed by atoms with Gasteiger partial charge in [0.15, 0.2) is 0 Å². The predicted octanol–water partition coefficient (Wildman–Crippen LogP) is 3.78. The van der Waals surface area contributed by atoms with Crippen LogP contribution in [0.25, 0.3) is 0 Å². The molecule has 1 heterocycles. The molecule has 88 valence electrons. The molecule has 0 saturated heterocycles. The summed E-state index contributed by atoms with van der Waals surface area (Å²) >= 11 is 11.8. The number of aliphatic hydroxyl groups excluding tert-OH is 1. The highest BCUT2D eigenvalue weighted by Crippen LogP contribution is 2.26. The van der Waals surface area contributed by atoms with Crippen molar-refractivity contribution in [2.45, 2.75) is 13.0 Å². The normalized spacial score (nSPS) is 12.5. The molecule has 2 aromatic rings. The molecule has 1 N–H and O–H groups in total. The molecule has 4 heteroatoms. The lowest BCUT2D eigenvalue weighted by Crippen LogP contribution is -2.00. The van der Waals surface area contributed by atoms with E-state index in [-0.39, 0.29) is 0 Å². The van der Waals surface area contributed by atoms with Gasteiger partial charge in [-0.3, -0.25) is 0 Å². The number of benzene rings is 1. The summed E-state index contributed by atoms with van der Waals surface area (Å²) in [6.45, 7) is 1.92. The summed E-state index contributed by atoms with van der Waals surface area (Å²) in [7, 11) is 0. The Labute approximate surface area is 110 Å². The lowest BCUT2D eigenvalue weighted by Gasteiger charge is -2.12. The van der Waals surface area contributed by atoms with E-state index in [9.17, 15) is 5.11 Å². The highest BCUT2D eigenvalue weighted by Gasteiger charge is 2.12. The summed E-state index contributed by atoms with van der Waals surface area (Å²) in [6, 6.07) is 8.85. The number of nitrogens with zero attached hydrogens (tertiary/aromatic N) is 1. The number of halogens is 2. The third kappa shape index (κ3) is 2.78. The van der Waals surface area contributed by atoms with Crippen molar-refractivity contribution < 1.29 is 5.11 Å². The van der Waals surface area contributed by atoms with Gasteiger partial charge in [-0.05, 0) is 41.8 Å². The summed E-state index contributed by atoms with van der Waals surface area (Å²) in [4.78, 5) is 3.88. The molecule has 0 amide bonds. The highest BCUT2D eigenvalue weighted by molar-refractivity contribution is 6.31. The van der Waals surface area contributed by atoms with Crippen LogP contribution in [0, 0.1) is 6.92 Å². The average Bonchev–Trinajstić information content (AvgIpc) is 2.32. The maximum atomic E-state index is 10.2. The second-order valence-electron chi connectivity index (χ2n) is 3.82. The van der Waals surface area contributed by atoms with Gasteiger partial charge in [0.25, 0.3) is 0 Å². The van der Waals surface area contributed by atoms with Crippen molar-refractivity contribution in [1.82, 2.24) is 4.98 Å². The molecule has 0 bridgehead atoms. The SMILES string of the molecule is Cc1ccc(C(O)c2ccnc(Cl)c2)cc1Cl. The van der Waals surface area contributed by atoms with Gasteiger partial charge in [0.05, 0.1) is 0 Å². The van der Waals surface area contributed by atoms with E-state index in [4.69, 9.17) is 23.2 Å². The van der Waals surface area contributed by atoms with Gasteiger partial charge in [-0.25, -0.2) is 4.98 Å². The fourth-order valence-corrected chi connectivity index (χ4v) is 1.93. The monoisotopic (exact) mass is 267 g/mol. The first kappa shape index (κ1) is 12.4. The number of pyridine rings is 1. The minimum absolute atomic E-state index is 0.361. The van der Waals surface area contributed by atoms with Crippen LogP contribution in [0.3, 0.4) is 0 Å². The van der Waals surface area contributed by atoms with E-state index < -0.39 is 6.10 Å².